The molecule has 17 heavy (non-hydrogen) atoms. The first-order valence-electron chi connectivity index (χ1n) is 5.82. The fourth-order valence-corrected chi connectivity index (χ4v) is 1.77. The highest BCUT2D eigenvalue weighted by Crippen LogP contribution is 2.30. The molecule has 1 aliphatic rings. The summed E-state index contributed by atoms with van der Waals surface area (Å²) in [6.07, 6.45) is 6.27. The van der Waals surface area contributed by atoms with Gasteiger partial charge in [0.2, 0.25) is 0 Å². The average Bonchev–Trinajstić information content (AvgIpc) is 3.19. The van der Waals surface area contributed by atoms with Crippen LogP contribution in [0.1, 0.15) is 18.4 Å². The number of ether oxygens (including phenoxy) is 1. The number of nitrogens with two attached hydrogens (primary N) is 1. The molecule has 92 valence electrons. The Morgan fingerprint density at radius 1 is 1.47 bits per heavy atom. The van der Waals surface area contributed by atoms with E-state index >= 15 is 0 Å². The molecule has 1 fully saturated rings. The van der Waals surface area contributed by atoms with E-state index in [-0.39, 0.29) is 0 Å². The first-order valence-corrected chi connectivity index (χ1v) is 5.82. The number of nitrogens with one attached hydrogen (secondary N) is 1. The number of nitrogens with zero attached hydrogens (tertiary/aromatic N) is 1. The molecule has 4 nitrogen and oxygen atoms in total. The normalized spacial score (nSPS) is 15.0. The molecule has 1 aromatic carbocycles. The van der Waals surface area contributed by atoms with Crippen LogP contribution < -0.4 is 15.9 Å². The summed E-state index contributed by atoms with van der Waals surface area (Å²) in [5.41, 5.74) is 2.00. The predicted molar refractivity (Wildman–Crippen MR) is 70.6 cm³/mol. The van der Waals surface area contributed by atoms with Gasteiger partial charge < -0.3 is 15.1 Å². The Morgan fingerprint density at radius 3 is 2.82 bits per heavy atom. The van der Waals surface area contributed by atoms with Gasteiger partial charge in [0.05, 0.1) is 12.8 Å². The number of rotatable bonds is 5. The van der Waals surface area contributed by atoms with Gasteiger partial charge in [-0.1, -0.05) is 12.1 Å². The molecule has 2 rings (SSSR count). The van der Waals surface area contributed by atoms with Crippen LogP contribution in [-0.4, -0.2) is 25.2 Å². The van der Waals surface area contributed by atoms with Crippen molar-refractivity contribution in [3.05, 3.63) is 30.0 Å². The van der Waals surface area contributed by atoms with Crippen molar-refractivity contribution in [2.24, 2.45) is 5.84 Å². The highest BCUT2D eigenvalue weighted by Gasteiger charge is 2.24. The zero-order valence-corrected chi connectivity index (χ0v) is 10.3. The van der Waals surface area contributed by atoms with Crippen LogP contribution >= 0.6 is 0 Å². The van der Waals surface area contributed by atoms with Gasteiger partial charge in [0.15, 0.2) is 0 Å². The Labute approximate surface area is 102 Å². The average molecular weight is 233 g/mol. The van der Waals surface area contributed by atoms with E-state index in [9.17, 15) is 0 Å². The number of methoxy groups -OCH3 is 1. The van der Waals surface area contributed by atoms with Crippen molar-refractivity contribution in [1.82, 2.24) is 5.01 Å². The number of anilines is 1. The van der Waals surface area contributed by atoms with Crippen LogP contribution in [0.2, 0.25) is 0 Å². The van der Waals surface area contributed by atoms with Crippen LogP contribution in [0, 0.1) is 0 Å². The topological polar surface area (TPSA) is 50.5 Å². The smallest absolute Gasteiger partial charge is 0.149 e. The molecule has 1 aromatic rings. The highest BCUT2D eigenvalue weighted by atomic mass is 16.5. The highest BCUT2D eigenvalue weighted by molar-refractivity contribution is 5.68. The quantitative estimate of drug-likeness (QED) is 0.603. The maximum atomic E-state index is 5.88. The van der Waals surface area contributed by atoms with E-state index in [1.165, 1.54) is 12.8 Å². The lowest BCUT2D eigenvalue weighted by atomic mass is 10.1. The Balaban J connectivity index is 2.18. The van der Waals surface area contributed by atoms with Crippen LogP contribution in [-0.2, 0) is 0 Å². The molecule has 0 aliphatic heterocycles. The van der Waals surface area contributed by atoms with Crippen molar-refractivity contribution in [2.75, 3.05) is 19.5 Å². The van der Waals surface area contributed by atoms with Gasteiger partial charge in [-0.25, -0.2) is 5.84 Å². The van der Waals surface area contributed by atoms with E-state index in [0.717, 1.165) is 17.0 Å². The van der Waals surface area contributed by atoms with E-state index in [1.54, 1.807) is 12.1 Å². The van der Waals surface area contributed by atoms with Gasteiger partial charge in [0.25, 0.3) is 0 Å². The molecule has 0 atom stereocenters. The molecule has 0 aromatic heterocycles. The fourth-order valence-electron chi connectivity index (χ4n) is 1.77. The number of hydrazine groups is 1. The summed E-state index contributed by atoms with van der Waals surface area (Å²) in [6, 6.07) is 6.50. The minimum Gasteiger partial charge on any atom is -0.494 e. The molecular weight excluding hydrogens is 214 g/mol. The molecule has 0 amide bonds. The minimum absolute atomic E-state index is 0.518. The van der Waals surface area contributed by atoms with Gasteiger partial charge in [0.1, 0.15) is 5.75 Å². The molecule has 4 heteroatoms. The number of para-hydroxylation sites is 1. The van der Waals surface area contributed by atoms with E-state index in [2.05, 4.69) is 5.32 Å². The maximum Gasteiger partial charge on any atom is 0.149 e. The third-order valence-electron chi connectivity index (χ3n) is 2.91. The van der Waals surface area contributed by atoms with Crippen LogP contribution in [0.4, 0.5) is 5.69 Å². The second-order valence-corrected chi connectivity index (χ2v) is 4.17. The van der Waals surface area contributed by atoms with Crippen LogP contribution in [0.25, 0.3) is 6.08 Å². The number of hydrogen-bond donors (Lipinski definition) is 2. The summed E-state index contributed by atoms with van der Waals surface area (Å²) in [5.74, 6) is 6.72. The molecule has 0 radical (unpaired) electrons. The summed E-state index contributed by atoms with van der Waals surface area (Å²) < 4.78 is 5.40. The van der Waals surface area contributed by atoms with Gasteiger partial charge >= 0.3 is 0 Å². The lowest BCUT2D eigenvalue weighted by Crippen LogP contribution is -2.26. The van der Waals surface area contributed by atoms with E-state index in [0.29, 0.717) is 6.04 Å². The maximum absolute atomic E-state index is 5.88. The largest absolute Gasteiger partial charge is 0.494 e. The predicted octanol–water partition coefficient (Wildman–Crippen LogP) is 2.05. The fraction of sp³-hybridized carbons (Fsp3) is 0.385. The van der Waals surface area contributed by atoms with Crippen molar-refractivity contribution >= 4 is 11.8 Å². The van der Waals surface area contributed by atoms with E-state index in [4.69, 9.17) is 10.6 Å². The first-order chi connectivity index (χ1) is 8.26. The Hall–Kier alpha value is -1.68. The molecular formula is C13H19N3O. The molecule has 1 saturated carbocycles. The van der Waals surface area contributed by atoms with E-state index in [1.807, 2.05) is 37.5 Å². The molecule has 0 spiro atoms. The third-order valence-corrected chi connectivity index (χ3v) is 2.91. The first kappa shape index (κ1) is 11.8. The van der Waals surface area contributed by atoms with Crippen molar-refractivity contribution in [1.29, 1.82) is 0 Å². The van der Waals surface area contributed by atoms with Crippen molar-refractivity contribution < 1.29 is 4.74 Å². The van der Waals surface area contributed by atoms with Crippen molar-refractivity contribution in [3.63, 3.8) is 0 Å². The number of benzene rings is 1. The lowest BCUT2D eigenvalue weighted by Gasteiger charge is -2.13. The zero-order valence-electron chi connectivity index (χ0n) is 10.3. The van der Waals surface area contributed by atoms with Crippen LogP contribution in [0.5, 0.6) is 5.75 Å². The summed E-state index contributed by atoms with van der Waals surface area (Å²) in [7, 11) is 3.55. The third kappa shape index (κ3) is 2.71. The summed E-state index contributed by atoms with van der Waals surface area (Å²) in [5, 5.41) is 4.88. The Bertz CT molecular complexity index is 413. The summed E-state index contributed by atoms with van der Waals surface area (Å²) in [4.78, 5) is 0. The van der Waals surface area contributed by atoms with Crippen molar-refractivity contribution in [2.45, 2.75) is 18.9 Å². The monoisotopic (exact) mass is 233 g/mol. The van der Waals surface area contributed by atoms with E-state index < -0.39 is 0 Å². The second kappa shape index (κ2) is 5.10. The number of hydrogen-bond acceptors (Lipinski definition) is 4. The Morgan fingerprint density at radius 2 is 2.24 bits per heavy atom. The van der Waals surface area contributed by atoms with Crippen LogP contribution in [0.3, 0.4) is 0 Å². The molecule has 0 unspecified atom stereocenters. The second-order valence-electron chi connectivity index (χ2n) is 4.17. The lowest BCUT2D eigenvalue weighted by molar-refractivity contribution is 0.385. The van der Waals surface area contributed by atoms with Gasteiger partial charge in [-0.2, -0.15) is 0 Å². The molecule has 3 N–H and O–H groups in total. The van der Waals surface area contributed by atoms with Gasteiger partial charge in [-0.3, -0.25) is 0 Å². The van der Waals surface area contributed by atoms with Gasteiger partial charge in [-0.05, 0) is 25.0 Å². The Kier molecular flexibility index (Phi) is 3.54. The zero-order chi connectivity index (χ0) is 12.3. The summed E-state index contributed by atoms with van der Waals surface area (Å²) in [6.45, 7) is 0. The molecule has 0 bridgehead atoms. The summed E-state index contributed by atoms with van der Waals surface area (Å²) >= 11 is 0. The minimum atomic E-state index is 0.518. The molecule has 0 saturated heterocycles. The SMILES string of the molecule is CNc1cccc(/C=C/N(N)C2CC2)c1OC. The van der Waals surface area contributed by atoms with Gasteiger partial charge in [0, 0.05) is 24.9 Å². The van der Waals surface area contributed by atoms with Gasteiger partial charge in [-0.15, -0.1) is 0 Å². The molecule has 1 aliphatic carbocycles. The van der Waals surface area contributed by atoms with Crippen molar-refractivity contribution in [3.8, 4) is 5.75 Å². The standard InChI is InChI=1S/C13H19N3O/c1-15-12-5-3-4-10(13(12)17-2)8-9-16(14)11-6-7-11/h3-5,8-9,11,15H,6-7,14H2,1-2H3/b9-8+. The molecule has 0 heterocycles. The van der Waals surface area contributed by atoms with Crippen LogP contribution in [0.15, 0.2) is 24.4 Å².